The molecule has 1 aromatic heterocycles. The van der Waals surface area contributed by atoms with E-state index in [0.29, 0.717) is 5.82 Å². The van der Waals surface area contributed by atoms with E-state index in [4.69, 9.17) is 4.74 Å². The number of ether oxygens (including phenoxy) is 1. The number of aromatic nitrogens is 2. The predicted octanol–water partition coefficient (Wildman–Crippen LogP) is 1.65. The molecule has 1 aromatic carbocycles. The number of benzene rings is 1. The smallest absolute Gasteiger partial charge is 0.159 e. The van der Waals surface area contributed by atoms with Gasteiger partial charge in [0.25, 0.3) is 0 Å². The van der Waals surface area contributed by atoms with Crippen molar-refractivity contribution in [3.05, 3.63) is 36.5 Å². The molecule has 15 heavy (non-hydrogen) atoms. The van der Waals surface area contributed by atoms with Gasteiger partial charge in [-0.2, -0.15) is 0 Å². The van der Waals surface area contributed by atoms with Crippen LogP contribution in [0.1, 0.15) is 0 Å². The molecule has 3 nitrogen and oxygen atoms in total. The molecule has 0 aliphatic rings. The molecule has 0 bridgehead atoms. The fraction of sp³-hybridized carbons (Fsp3) is 0.0909. The molecule has 0 radical (unpaired) electrons. The van der Waals surface area contributed by atoms with Crippen LogP contribution in [0.3, 0.4) is 0 Å². The van der Waals surface area contributed by atoms with Crippen molar-refractivity contribution in [3.8, 4) is 17.1 Å². The van der Waals surface area contributed by atoms with Gasteiger partial charge in [-0.15, -0.1) is 0 Å². The van der Waals surface area contributed by atoms with Gasteiger partial charge in [-0.25, -0.2) is 9.97 Å². The van der Waals surface area contributed by atoms with Crippen LogP contribution in [0, 0.1) is 0 Å². The maximum Gasteiger partial charge on any atom is 0.159 e. The molecule has 2 rings (SSSR count). The summed E-state index contributed by atoms with van der Waals surface area (Å²) >= 11 is 0. The van der Waals surface area contributed by atoms with E-state index in [0.717, 1.165) is 16.7 Å². The zero-order chi connectivity index (χ0) is 10.7. The Morgan fingerprint density at radius 2 is 2.13 bits per heavy atom. The van der Waals surface area contributed by atoms with Crippen LogP contribution in [0.5, 0.6) is 5.75 Å². The van der Waals surface area contributed by atoms with Crippen LogP contribution in [0.25, 0.3) is 11.4 Å². The summed E-state index contributed by atoms with van der Waals surface area (Å²) in [5.74, 6) is 1.52. The van der Waals surface area contributed by atoms with Crippen molar-refractivity contribution in [1.82, 2.24) is 9.97 Å². The highest BCUT2D eigenvalue weighted by Gasteiger charge is 2.01. The third kappa shape index (κ3) is 2.31. The minimum absolute atomic E-state index is 0.710. The lowest BCUT2D eigenvalue weighted by atomic mass is 10.2. The zero-order valence-electron chi connectivity index (χ0n) is 8.34. The van der Waals surface area contributed by atoms with E-state index >= 15 is 0 Å². The Labute approximate surface area is 90.7 Å². The summed E-state index contributed by atoms with van der Waals surface area (Å²) in [6, 6.07) is 9.54. The molecule has 76 valence electrons. The van der Waals surface area contributed by atoms with E-state index in [1.54, 1.807) is 13.3 Å². The van der Waals surface area contributed by atoms with Gasteiger partial charge in [0.2, 0.25) is 0 Å². The molecule has 0 aliphatic heterocycles. The van der Waals surface area contributed by atoms with Crippen LogP contribution in [0.4, 0.5) is 0 Å². The van der Waals surface area contributed by atoms with Gasteiger partial charge in [0.15, 0.2) is 5.82 Å². The molecule has 2 aromatic rings. The monoisotopic (exact) mass is 218 g/mol. The molecule has 4 heteroatoms. The highest BCUT2D eigenvalue weighted by Crippen LogP contribution is 2.19. The van der Waals surface area contributed by atoms with Crippen LogP contribution in [0.15, 0.2) is 36.5 Å². The van der Waals surface area contributed by atoms with Gasteiger partial charge in [-0.3, -0.25) is 0 Å². The highest BCUT2D eigenvalue weighted by atomic mass is 31.0. The van der Waals surface area contributed by atoms with Gasteiger partial charge >= 0.3 is 0 Å². The summed E-state index contributed by atoms with van der Waals surface area (Å²) in [6.45, 7) is 0. The summed E-state index contributed by atoms with van der Waals surface area (Å²) in [4.78, 5) is 8.52. The molecule has 0 fully saturated rings. The van der Waals surface area contributed by atoms with E-state index in [2.05, 4.69) is 19.2 Å². The second-order valence-electron chi connectivity index (χ2n) is 3.04. The summed E-state index contributed by atoms with van der Waals surface area (Å²) in [7, 11) is 4.20. The fourth-order valence-electron chi connectivity index (χ4n) is 1.27. The lowest BCUT2D eigenvalue weighted by molar-refractivity contribution is 0.415. The Balaban J connectivity index is 2.44. The average molecular weight is 218 g/mol. The number of nitrogens with zero attached hydrogens (tertiary/aromatic N) is 2. The molecule has 0 N–H and O–H groups in total. The van der Waals surface area contributed by atoms with Crippen molar-refractivity contribution in [3.63, 3.8) is 0 Å². The molecule has 0 amide bonds. The largest absolute Gasteiger partial charge is 0.497 e. The maximum absolute atomic E-state index is 5.15. The third-order valence-corrected chi connectivity index (χ3v) is 2.33. The van der Waals surface area contributed by atoms with Crippen molar-refractivity contribution in [2.45, 2.75) is 0 Å². The first-order valence-corrected chi connectivity index (χ1v) is 5.10. The average Bonchev–Trinajstić information content (AvgIpc) is 2.29. The lowest BCUT2D eigenvalue weighted by Gasteiger charge is -2.03. The van der Waals surface area contributed by atoms with Crippen molar-refractivity contribution in [2.75, 3.05) is 7.11 Å². The van der Waals surface area contributed by atoms with Crippen LogP contribution >= 0.6 is 9.24 Å². The third-order valence-electron chi connectivity index (χ3n) is 2.01. The van der Waals surface area contributed by atoms with Crippen LogP contribution in [0.2, 0.25) is 0 Å². The Kier molecular flexibility index (Phi) is 2.93. The molecule has 0 saturated heterocycles. The normalized spacial score (nSPS) is 10.0. The molecular weight excluding hydrogens is 207 g/mol. The Morgan fingerprint density at radius 3 is 2.87 bits per heavy atom. The minimum Gasteiger partial charge on any atom is -0.497 e. The van der Waals surface area contributed by atoms with Gasteiger partial charge in [-0.05, 0) is 18.2 Å². The van der Waals surface area contributed by atoms with E-state index < -0.39 is 0 Å². The second kappa shape index (κ2) is 4.37. The maximum atomic E-state index is 5.15. The number of rotatable bonds is 2. The first-order chi connectivity index (χ1) is 7.29. The topological polar surface area (TPSA) is 35.0 Å². The Bertz CT molecular complexity index is 474. The summed E-state index contributed by atoms with van der Waals surface area (Å²) in [5, 5.41) is 0. The zero-order valence-corrected chi connectivity index (χ0v) is 9.50. The van der Waals surface area contributed by atoms with Crippen molar-refractivity contribution >= 4 is 14.7 Å². The summed E-state index contributed by atoms with van der Waals surface area (Å²) in [6.07, 6.45) is 1.74. The first-order valence-electron chi connectivity index (χ1n) is 4.52. The number of methoxy groups -OCH3 is 1. The quantitative estimate of drug-likeness (QED) is 0.719. The molecule has 1 heterocycles. The van der Waals surface area contributed by atoms with Crippen molar-refractivity contribution in [2.24, 2.45) is 0 Å². The highest BCUT2D eigenvalue weighted by molar-refractivity contribution is 7.26. The Morgan fingerprint density at radius 1 is 1.27 bits per heavy atom. The lowest BCUT2D eigenvalue weighted by Crippen LogP contribution is -2.00. The molecule has 0 spiro atoms. The second-order valence-corrected chi connectivity index (χ2v) is 3.63. The van der Waals surface area contributed by atoms with E-state index in [1.807, 2.05) is 30.3 Å². The number of hydrogen-bond donors (Lipinski definition) is 0. The number of hydrogen-bond acceptors (Lipinski definition) is 3. The van der Waals surface area contributed by atoms with Gasteiger partial charge in [0, 0.05) is 11.8 Å². The van der Waals surface area contributed by atoms with Gasteiger partial charge < -0.3 is 4.74 Å². The van der Waals surface area contributed by atoms with Gasteiger partial charge in [-0.1, -0.05) is 21.4 Å². The van der Waals surface area contributed by atoms with Crippen molar-refractivity contribution < 1.29 is 4.74 Å². The van der Waals surface area contributed by atoms with Crippen molar-refractivity contribution in [1.29, 1.82) is 0 Å². The summed E-state index contributed by atoms with van der Waals surface area (Å²) < 4.78 is 5.15. The van der Waals surface area contributed by atoms with Crippen LogP contribution < -0.4 is 10.2 Å². The SMILES string of the molecule is COc1cccc(-c2nccc(P)n2)c1. The first kappa shape index (κ1) is 10.1. The standard InChI is InChI=1S/C11H11N2OP/c1-14-9-4-2-3-8(7-9)11-12-6-5-10(15)13-11/h2-7H,15H2,1H3. The van der Waals surface area contributed by atoms with Crippen LogP contribution in [-0.2, 0) is 0 Å². The molecule has 0 saturated carbocycles. The fourth-order valence-corrected chi connectivity index (χ4v) is 1.48. The molecule has 1 atom stereocenters. The minimum atomic E-state index is 0.710. The molecule has 1 unspecified atom stereocenters. The van der Waals surface area contributed by atoms with Crippen LogP contribution in [-0.4, -0.2) is 17.1 Å². The van der Waals surface area contributed by atoms with E-state index in [9.17, 15) is 0 Å². The van der Waals surface area contributed by atoms with Gasteiger partial charge in [0.05, 0.1) is 12.5 Å². The molecular formula is C11H11N2OP. The van der Waals surface area contributed by atoms with E-state index in [-0.39, 0.29) is 0 Å². The molecule has 0 aliphatic carbocycles. The predicted molar refractivity (Wildman–Crippen MR) is 63.4 cm³/mol. The summed E-state index contributed by atoms with van der Waals surface area (Å²) in [5.41, 5.74) is 1.83. The Hall–Kier alpha value is -1.47. The van der Waals surface area contributed by atoms with E-state index in [1.165, 1.54) is 0 Å². The van der Waals surface area contributed by atoms with Gasteiger partial charge in [0.1, 0.15) is 5.75 Å².